The second-order valence-electron chi connectivity index (χ2n) is 8.77. The monoisotopic (exact) mass is 509 g/mol. The van der Waals surface area contributed by atoms with E-state index in [1.54, 1.807) is 29.2 Å². The summed E-state index contributed by atoms with van der Waals surface area (Å²) in [7, 11) is 1.24. The Hall–Kier alpha value is -4.76. The topological polar surface area (TPSA) is 104 Å². The van der Waals surface area contributed by atoms with Gasteiger partial charge in [-0.05, 0) is 18.2 Å². The van der Waals surface area contributed by atoms with Gasteiger partial charge in [-0.3, -0.25) is 9.59 Å². The molecule has 0 spiro atoms. The Kier molecular flexibility index (Phi) is 7.28. The second-order valence-corrected chi connectivity index (χ2v) is 8.77. The number of carbonyl (C=O) groups is 3. The number of carbonyl (C=O) groups excluding carboxylic acids is 3. The van der Waals surface area contributed by atoms with E-state index in [4.69, 9.17) is 9.72 Å². The molecule has 0 unspecified atom stereocenters. The number of nitrogens with zero attached hydrogens (tertiary/aromatic N) is 3. The van der Waals surface area contributed by atoms with E-state index in [1.807, 2.05) is 60.7 Å². The third kappa shape index (κ3) is 5.05. The van der Waals surface area contributed by atoms with Gasteiger partial charge in [0.05, 0.1) is 36.1 Å². The lowest BCUT2D eigenvalue weighted by atomic mass is 9.95. The zero-order valence-corrected chi connectivity index (χ0v) is 20.9. The molecule has 38 heavy (non-hydrogen) atoms. The number of nitrogens with one attached hydrogen (secondary N) is 2. The van der Waals surface area contributed by atoms with Crippen LogP contribution in [-0.2, 0) is 16.1 Å². The molecule has 3 amide bonds. The van der Waals surface area contributed by atoms with E-state index in [0.717, 1.165) is 5.56 Å². The highest BCUT2D eigenvalue weighted by atomic mass is 16.5. The quantitative estimate of drug-likeness (QED) is 0.397. The van der Waals surface area contributed by atoms with Crippen molar-refractivity contribution >= 4 is 34.5 Å². The number of hydrogen-bond acceptors (Lipinski definition) is 6. The van der Waals surface area contributed by atoms with Gasteiger partial charge in [0.15, 0.2) is 0 Å². The molecular weight excluding hydrogens is 482 g/mol. The summed E-state index contributed by atoms with van der Waals surface area (Å²) in [5, 5.41) is 4.87. The molecule has 9 heteroatoms. The molecule has 9 nitrogen and oxygen atoms in total. The molecule has 4 aromatic rings. The van der Waals surface area contributed by atoms with Gasteiger partial charge in [0.1, 0.15) is 0 Å². The fourth-order valence-electron chi connectivity index (χ4n) is 4.55. The fourth-order valence-corrected chi connectivity index (χ4v) is 4.55. The van der Waals surface area contributed by atoms with Crippen LogP contribution in [0.15, 0.2) is 84.9 Å². The van der Waals surface area contributed by atoms with E-state index in [1.165, 1.54) is 12.1 Å². The molecule has 2 N–H and O–H groups in total. The Morgan fingerprint density at radius 3 is 2.39 bits per heavy atom. The average molecular weight is 510 g/mol. The first kappa shape index (κ1) is 24.9. The number of hydrogen-bond donors (Lipinski definition) is 2. The normalized spacial score (nSPS) is 13.3. The average Bonchev–Trinajstić information content (AvgIpc) is 2.97. The number of ether oxygens (including phenoxy) is 1. The molecule has 1 aliphatic rings. The van der Waals surface area contributed by atoms with Crippen molar-refractivity contribution in [3.63, 3.8) is 0 Å². The Bertz CT molecular complexity index is 1480. The van der Waals surface area contributed by atoms with Gasteiger partial charge in [0, 0.05) is 36.1 Å². The number of fused-ring (bicyclic) bond motifs is 1. The maximum atomic E-state index is 14.5. The van der Waals surface area contributed by atoms with Crippen molar-refractivity contribution in [2.75, 3.05) is 31.8 Å². The van der Waals surface area contributed by atoms with Crippen molar-refractivity contribution in [2.24, 2.45) is 0 Å². The minimum Gasteiger partial charge on any atom is -0.452 e. The first-order valence-electron chi connectivity index (χ1n) is 12.3. The summed E-state index contributed by atoms with van der Waals surface area (Å²) in [5.41, 5.74) is 6.00. The van der Waals surface area contributed by atoms with Crippen LogP contribution in [0.2, 0.25) is 0 Å². The zero-order chi connectivity index (χ0) is 26.5. The molecular formula is C29H27N5O4. The molecule has 3 aromatic carbocycles. The summed E-state index contributed by atoms with van der Waals surface area (Å²) in [6.07, 6.45) is -0.789. The van der Waals surface area contributed by atoms with Crippen molar-refractivity contribution < 1.29 is 19.1 Å². The van der Waals surface area contributed by atoms with Gasteiger partial charge in [0.25, 0.3) is 5.91 Å². The number of pyridine rings is 1. The van der Waals surface area contributed by atoms with E-state index < -0.39 is 12.0 Å². The number of amides is 3. The van der Waals surface area contributed by atoms with Crippen LogP contribution in [0, 0.1) is 0 Å². The Balaban J connectivity index is 1.76. The van der Waals surface area contributed by atoms with E-state index in [-0.39, 0.29) is 19.0 Å². The van der Waals surface area contributed by atoms with E-state index in [2.05, 4.69) is 10.7 Å². The number of anilines is 1. The largest absolute Gasteiger partial charge is 0.452 e. The van der Waals surface area contributed by atoms with Crippen LogP contribution in [0.4, 0.5) is 10.5 Å². The van der Waals surface area contributed by atoms with Crippen molar-refractivity contribution in [1.82, 2.24) is 20.6 Å². The van der Waals surface area contributed by atoms with Crippen LogP contribution in [0.25, 0.3) is 22.2 Å². The van der Waals surface area contributed by atoms with Gasteiger partial charge in [0.2, 0.25) is 5.91 Å². The highest BCUT2D eigenvalue weighted by Gasteiger charge is 2.30. The second kappa shape index (κ2) is 11.1. The van der Waals surface area contributed by atoms with E-state index in [9.17, 15) is 14.4 Å². The maximum Gasteiger partial charge on any atom is 0.426 e. The Labute approximate surface area is 220 Å². The molecule has 2 heterocycles. The van der Waals surface area contributed by atoms with Gasteiger partial charge >= 0.3 is 6.09 Å². The number of benzene rings is 3. The summed E-state index contributed by atoms with van der Waals surface area (Å²) < 4.78 is 4.82. The number of aromatic nitrogens is 1. The summed E-state index contributed by atoms with van der Waals surface area (Å²) in [6, 6.07) is 25.7. The number of rotatable bonds is 5. The summed E-state index contributed by atoms with van der Waals surface area (Å²) >= 11 is 0. The number of piperazine rings is 1. The third-order valence-corrected chi connectivity index (χ3v) is 6.40. The number of para-hydroxylation sites is 2. The molecule has 0 radical (unpaired) electrons. The molecule has 0 aliphatic carbocycles. The molecule has 1 aliphatic heterocycles. The van der Waals surface area contributed by atoms with Crippen molar-refractivity contribution in [2.45, 2.75) is 6.54 Å². The fraction of sp³-hybridized carbons (Fsp3) is 0.172. The smallest absolute Gasteiger partial charge is 0.426 e. The van der Waals surface area contributed by atoms with E-state index >= 15 is 0 Å². The summed E-state index contributed by atoms with van der Waals surface area (Å²) in [5.74, 6) is -0.538. The zero-order valence-electron chi connectivity index (χ0n) is 20.9. The molecule has 0 atom stereocenters. The Morgan fingerprint density at radius 1 is 1.00 bits per heavy atom. The molecule has 1 aromatic heterocycles. The van der Waals surface area contributed by atoms with Crippen LogP contribution in [0.5, 0.6) is 0 Å². The van der Waals surface area contributed by atoms with Gasteiger partial charge in [-0.15, -0.1) is 0 Å². The van der Waals surface area contributed by atoms with Crippen LogP contribution in [0.1, 0.15) is 15.9 Å². The first-order chi connectivity index (χ1) is 18.6. The highest BCUT2D eigenvalue weighted by Crippen LogP contribution is 2.33. The van der Waals surface area contributed by atoms with E-state index in [0.29, 0.717) is 46.5 Å². The lowest BCUT2D eigenvalue weighted by Gasteiger charge is -2.30. The predicted molar refractivity (Wildman–Crippen MR) is 144 cm³/mol. The minimum atomic E-state index is -0.789. The molecule has 1 saturated heterocycles. The minimum absolute atomic E-state index is 0.0607. The van der Waals surface area contributed by atoms with Crippen LogP contribution >= 0.6 is 0 Å². The molecule has 1 fully saturated rings. The SMILES string of the molecule is COC(=O)NN(C(=O)c1c(CN2CCNCC2=O)c(-c2ccccc2)nc2ccccc12)c1ccccc1. The van der Waals surface area contributed by atoms with Gasteiger partial charge < -0.3 is 15.0 Å². The summed E-state index contributed by atoms with van der Waals surface area (Å²) in [4.78, 5) is 46.3. The van der Waals surface area contributed by atoms with Crippen molar-refractivity contribution in [1.29, 1.82) is 0 Å². The van der Waals surface area contributed by atoms with Crippen LogP contribution in [0.3, 0.4) is 0 Å². The first-order valence-corrected chi connectivity index (χ1v) is 12.3. The molecule has 192 valence electrons. The van der Waals surface area contributed by atoms with Gasteiger partial charge in [-0.2, -0.15) is 0 Å². The molecule has 5 rings (SSSR count). The van der Waals surface area contributed by atoms with Gasteiger partial charge in [-0.25, -0.2) is 20.2 Å². The number of methoxy groups -OCH3 is 1. The third-order valence-electron chi connectivity index (χ3n) is 6.40. The lowest BCUT2D eigenvalue weighted by molar-refractivity contribution is -0.132. The standard InChI is InChI=1S/C29H27N5O4/c1-38-29(37)32-34(21-12-6-3-7-13-21)28(36)26-22-14-8-9-15-24(22)31-27(20-10-4-2-5-11-20)23(26)19-33-17-16-30-18-25(33)35/h2-15,30H,16-19H2,1H3,(H,32,37). The summed E-state index contributed by atoms with van der Waals surface area (Å²) in [6.45, 7) is 1.56. The number of hydrazine groups is 1. The van der Waals surface area contributed by atoms with Crippen LogP contribution in [-0.4, -0.2) is 54.5 Å². The van der Waals surface area contributed by atoms with Crippen LogP contribution < -0.4 is 15.8 Å². The van der Waals surface area contributed by atoms with Crippen molar-refractivity contribution in [3.8, 4) is 11.3 Å². The lowest BCUT2D eigenvalue weighted by Crippen LogP contribution is -2.49. The Morgan fingerprint density at radius 2 is 1.68 bits per heavy atom. The molecule has 0 saturated carbocycles. The predicted octanol–water partition coefficient (Wildman–Crippen LogP) is 3.75. The molecule has 0 bridgehead atoms. The highest BCUT2D eigenvalue weighted by molar-refractivity contribution is 6.16. The van der Waals surface area contributed by atoms with Gasteiger partial charge in [-0.1, -0.05) is 66.7 Å². The van der Waals surface area contributed by atoms with Crippen molar-refractivity contribution in [3.05, 3.63) is 96.1 Å². The maximum absolute atomic E-state index is 14.5.